The monoisotopic (exact) mass is 206 g/mol. The topological polar surface area (TPSA) is 47.3 Å². The van der Waals surface area contributed by atoms with Crippen LogP contribution >= 0.6 is 0 Å². The molecule has 0 unspecified atom stereocenters. The lowest BCUT2D eigenvalue weighted by Crippen LogP contribution is -2.44. The number of anilines is 1. The molecule has 1 aliphatic carbocycles. The summed E-state index contributed by atoms with van der Waals surface area (Å²) >= 11 is 0. The van der Waals surface area contributed by atoms with Crippen LogP contribution in [-0.4, -0.2) is 18.7 Å². The lowest BCUT2D eigenvalue weighted by atomic mass is 9.87. The van der Waals surface area contributed by atoms with Gasteiger partial charge in [0.1, 0.15) is 5.75 Å². The van der Waals surface area contributed by atoms with Crippen molar-refractivity contribution in [1.29, 1.82) is 0 Å². The second-order valence-corrected chi connectivity index (χ2v) is 4.03. The second kappa shape index (κ2) is 4.53. The first-order valence-corrected chi connectivity index (χ1v) is 5.53. The van der Waals surface area contributed by atoms with Crippen molar-refractivity contribution >= 4 is 5.69 Å². The van der Waals surface area contributed by atoms with Gasteiger partial charge in [-0.2, -0.15) is 0 Å². The second-order valence-electron chi connectivity index (χ2n) is 4.03. The molecular formula is C12H18N2O. The van der Waals surface area contributed by atoms with Crippen molar-refractivity contribution in [2.45, 2.75) is 31.8 Å². The highest BCUT2D eigenvalue weighted by Gasteiger charge is 2.25. The van der Waals surface area contributed by atoms with Gasteiger partial charge in [0.05, 0.1) is 6.61 Å². The quantitative estimate of drug-likeness (QED) is 0.792. The zero-order valence-electron chi connectivity index (χ0n) is 9.07. The lowest BCUT2D eigenvalue weighted by molar-refractivity contribution is 0.340. The molecule has 0 aliphatic heterocycles. The van der Waals surface area contributed by atoms with E-state index in [1.54, 1.807) is 0 Å². The van der Waals surface area contributed by atoms with Crippen molar-refractivity contribution in [2.24, 2.45) is 5.73 Å². The fraction of sp³-hybridized carbons (Fsp3) is 0.500. The Labute approximate surface area is 90.6 Å². The summed E-state index contributed by atoms with van der Waals surface area (Å²) in [4.78, 5) is 0. The third-order valence-electron chi connectivity index (χ3n) is 2.69. The summed E-state index contributed by atoms with van der Waals surface area (Å²) < 4.78 is 5.44. The number of nitrogens with one attached hydrogen (secondary N) is 1. The van der Waals surface area contributed by atoms with Crippen molar-refractivity contribution in [3.8, 4) is 5.75 Å². The lowest BCUT2D eigenvalue weighted by Gasteiger charge is -2.33. The number of hydrogen-bond donors (Lipinski definition) is 2. The summed E-state index contributed by atoms with van der Waals surface area (Å²) in [6, 6.07) is 9.00. The molecule has 3 N–H and O–H groups in total. The van der Waals surface area contributed by atoms with E-state index in [9.17, 15) is 0 Å². The molecule has 0 saturated heterocycles. The third kappa shape index (κ3) is 2.63. The van der Waals surface area contributed by atoms with Gasteiger partial charge in [-0.15, -0.1) is 0 Å². The molecule has 0 aromatic heterocycles. The summed E-state index contributed by atoms with van der Waals surface area (Å²) in [6.07, 6.45) is 2.14. The maximum absolute atomic E-state index is 5.74. The van der Waals surface area contributed by atoms with Crippen molar-refractivity contribution in [3.05, 3.63) is 24.3 Å². The van der Waals surface area contributed by atoms with Crippen LogP contribution in [-0.2, 0) is 0 Å². The predicted octanol–water partition coefficient (Wildman–Crippen LogP) is 1.99. The Bertz CT molecular complexity index is 321. The minimum absolute atomic E-state index is 0.387. The molecule has 1 fully saturated rings. The first-order chi connectivity index (χ1) is 7.28. The van der Waals surface area contributed by atoms with Crippen molar-refractivity contribution in [3.63, 3.8) is 0 Å². The average molecular weight is 206 g/mol. The first-order valence-electron chi connectivity index (χ1n) is 5.53. The van der Waals surface area contributed by atoms with E-state index in [0.29, 0.717) is 18.7 Å². The van der Waals surface area contributed by atoms with E-state index in [0.717, 1.165) is 24.3 Å². The van der Waals surface area contributed by atoms with Crippen LogP contribution in [0.2, 0.25) is 0 Å². The van der Waals surface area contributed by atoms with Crippen molar-refractivity contribution in [2.75, 3.05) is 11.9 Å². The molecule has 0 amide bonds. The Morgan fingerprint density at radius 1 is 1.47 bits per heavy atom. The molecule has 0 atom stereocenters. The van der Waals surface area contributed by atoms with E-state index < -0.39 is 0 Å². The van der Waals surface area contributed by atoms with E-state index in [1.807, 2.05) is 25.1 Å². The van der Waals surface area contributed by atoms with Gasteiger partial charge in [0.25, 0.3) is 0 Å². The van der Waals surface area contributed by atoms with Gasteiger partial charge in [-0.1, -0.05) is 6.07 Å². The number of nitrogens with two attached hydrogens (primary N) is 1. The van der Waals surface area contributed by atoms with Crippen LogP contribution in [0, 0.1) is 0 Å². The van der Waals surface area contributed by atoms with Crippen LogP contribution in [0.25, 0.3) is 0 Å². The summed E-state index contributed by atoms with van der Waals surface area (Å²) in [5, 5.41) is 3.45. The van der Waals surface area contributed by atoms with E-state index in [-0.39, 0.29) is 0 Å². The van der Waals surface area contributed by atoms with Gasteiger partial charge in [0, 0.05) is 23.8 Å². The number of benzene rings is 1. The molecule has 3 nitrogen and oxygen atoms in total. The maximum atomic E-state index is 5.74. The number of hydrogen-bond acceptors (Lipinski definition) is 3. The number of ether oxygens (including phenoxy) is 1. The van der Waals surface area contributed by atoms with Gasteiger partial charge in [-0.05, 0) is 31.9 Å². The summed E-state index contributed by atoms with van der Waals surface area (Å²) in [5.41, 5.74) is 6.86. The molecule has 1 saturated carbocycles. The van der Waals surface area contributed by atoms with E-state index in [4.69, 9.17) is 10.5 Å². The average Bonchev–Trinajstić information content (AvgIpc) is 2.17. The summed E-state index contributed by atoms with van der Waals surface area (Å²) in [6.45, 7) is 2.70. The van der Waals surface area contributed by atoms with Crippen LogP contribution in [0.4, 0.5) is 5.69 Å². The Balaban J connectivity index is 1.93. The Morgan fingerprint density at radius 3 is 2.93 bits per heavy atom. The molecule has 0 bridgehead atoms. The molecule has 1 aromatic carbocycles. The standard InChI is InChI=1S/C12H18N2O/c1-2-15-12-5-3-4-10(8-12)14-11-6-9(13)7-11/h3-5,8-9,11,14H,2,6-7,13H2,1H3. The molecule has 1 aliphatic rings. The molecule has 0 heterocycles. The van der Waals surface area contributed by atoms with Crippen LogP contribution < -0.4 is 15.8 Å². The van der Waals surface area contributed by atoms with Gasteiger partial charge < -0.3 is 15.8 Å². The van der Waals surface area contributed by atoms with Gasteiger partial charge in [0.2, 0.25) is 0 Å². The van der Waals surface area contributed by atoms with Crippen LogP contribution in [0.1, 0.15) is 19.8 Å². The fourth-order valence-electron chi connectivity index (χ4n) is 1.86. The first kappa shape index (κ1) is 10.3. The predicted molar refractivity (Wildman–Crippen MR) is 62.2 cm³/mol. The molecule has 82 valence electrons. The van der Waals surface area contributed by atoms with Crippen molar-refractivity contribution in [1.82, 2.24) is 0 Å². The Morgan fingerprint density at radius 2 is 2.27 bits per heavy atom. The maximum Gasteiger partial charge on any atom is 0.121 e. The molecule has 0 radical (unpaired) electrons. The SMILES string of the molecule is CCOc1cccc(NC2CC(N)C2)c1. The van der Waals surface area contributed by atoms with Gasteiger partial charge in [0.15, 0.2) is 0 Å². The Kier molecular flexibility index (Phi) is 3.11. The molecular weight excluding hydrogens is 188 g/mol. The minimum Gasteiger partial charge on any atom is -0.494 e. The smallest absolute Gasteiger partial charge is 0.121 e. The third-order valence-corrected chi connectivity index (χ3v) is 2.69. The van der Waals surface area contributed by atoms with Crippen molar-refractivity contribution < 1.29 is 4.74 Å². The largest absolute Gasteiger partial charge is 0.494 e. The molecule has 2 rings (SSSR count). The van der Waals surface area contributed by atoms with Crippen LogP contribution in [0.5, 0.6) is 5.75 Å². The minimum atomic E-state index is 0.387. The zero-order valence-corrected chi connectivity index (χ0v) is 9.07. The van der Waals surface area contributed by atoms with Gasteiger partial charge in [-0.3, -0.25) is 0 Å². The highest BCUT2D eigenvalue weighted by atomic mass is 16.5. The Hall–Kier alpha value is -1.22. The van der Waals surface area contributed by atoms with E-state index in [1.165, 1.54) is 0 Å². The van der Waals surface area contributed by atoms with Gasteiger partial charge >= 0.3 is 0 Å². The molecule has 15 heavy (non-hydrogen) atoms. The summed E-state index contributed by atoms with van der Waals surface area (Å²) in [5.74, 6) is 0.922. The molecule has 0 spiro atoms. The van der Waals surface area contributed by atoms with Crippen LogP contribution in [0.15, 0.2) is 24.3 Å². The fourth-order valence-corrected chi connectivity index (χ4v) is 1.86. The summed E-state index contributed by atoms with van der Waals surface area (Å²) in [7, 11) is 0. The molecule has 1 aromatic rings. The number of rotatable bonds is 4. The van der Waals surface area contributed by atoms with Gasteiger partial charge in [-0.25, -0.2) is 0 Å². The highest BCUT2D eigenvalue weighted by molar-refractivity contribution is 5.49. The molecule has 3 heteroatoms. The normalized spacial score (nSPS) is 24.4. The highest BCUT2D eigenvalue weighted by Crippen LogP contribution is 2.24. The van der Waals surface area contributed by atoms with Crippen LogP contribution in [0.3, 0.4) is 0 Å². The van der Waals surface area contributed by atoms with E-state index >= 15 is 0 Å². The van der Waals surface area contributed by atoms with E-state index in [2.05, 4.69) is 11.4 Å². The zero-order chi connectivity index (χ0) is 10.7.